The molecule has 302 valence electrons. The highest BCUT2D eigenvalue weighted by molar-refractivity contribution is 5.97. The molecule has 0 aliphatic heterocycles. The largest absolute Gasteiger partial charge is 0.248 e. The van der Waals surface area contributed by atoms with Crippen LogP contribution in [0.1, 0.15) is 47.2 Å². The molecule has 0 unspecified atom stereocenters. The van der Waals surface area contributed by atoms with Gasteiger partial charge in [-0.15, -0.1) is 0 Å². The van der Waals surface area contributed by atoms with Crippen molar-refractivity contribution in [3.63, 3.8) is 0 Å². The minimum absolute atomic E-state index is 0.224. The molecule has 8 aromatic carbocycles. The Morgan fingerprint density at radius 3 is 1.30 bits per heavy atom. The van der Waals surface area contributed by atoms with Gasteiger partial charge in [-0.05, 0) is 73.8 Å². The molecule has 2 heterocycles. The summed E-state index contributed by atoms with van der Waals surface area (Å²) >= 11 is 0. The van der Waals surface area contributed by atoms with Crippen LogP contribution in [0, 0.1) is 0 Å². The van der Waals surface area contributed by atoms with Gasteiger partial charge < -0.3 is 0 Å². The SMILES string of the molecule is CC1(C)c2ccccc2C2(c3ccc(-c4cc(-c5ccccc5)cc(-c5ccccc5)n4)cc3-c3c(-c4nc(-c5ccccc5)nc(-c5ccccc5)n4)cccc32)c2ccccc21. The fourth-order valence-electron chi connectivity index (χ4n) is 10.5. The lowest BCUT2D eigenvalue weighted by atomic mass is 9.55. The number of aromatic nitrogens is 4. The molecule has 10 aromatic rings. The standard InChI is InChI=1S/C60H42N4/c1-59(2)48-29-15-17-31-50(48)60(51-32-18-16-30-49(51)59)47-35-34-43(54-38-44(39-20-7-3-8-21-39)37-53(61-54)40-22-9-4-10-23-40)36-46(47)55-45(28-19-33-52(55)60)58-63-56(41-24-11-5-12-25-41)62-57(64-58)42-26-13-6-14-27-42/h3-38H,1-2H3. The number of pyridine rings is 1. The monoisotopic (exact) mass is 818 g/mol. The molecule has 1 spiro atoms. The van der Waals surface area contributed by atoms with E-state index in [4.69, 9.17) is 19.9 Å². The first-order valence-electron chi connectivity index (χ1n) is 22.0. The molecule has 2 aromatic heterocycles. The lowest BCUT2D eigenvalue weighted by Gasteiger charge is -2.46. The Bertz CT molecular complexity index is 3230. The third kappa shape index (κ3) is 5.83. The van der Waals surface area contributed by atoms with Crippen LogP contribution in [0.3, 0.4) is 0 Å². The van der Waals surface area contributed by atoms with Crippen LogP contribution in [0.2, 0.25) is 0 Å². The number of hydrogen-bond donors (Lipinski definition) is 0. The van der Waals surface area contributed by atoms with Crippen molar-refractivity contribution >= 4 is 0 Å². The van der Waals surface area contributed by atoms with Gasteiger partial charge in [-0.3, -0.25) is 0 Å². The van der Waals surface area contributed by atoms with Crippen LogP contribution in [0.15, 0.2) is 218 Å². The molecule has 4 nitrogen and oxygen atoms in total. The van der Waals surface area contributed by atoms with Crippen LogP contribution in [0.25, 0.3) is 78.9 Å². The molecule has 4 heteroatoms. The normalized spacial score (nSPS) is 13.7. The van der Waals surface area contributed by atoms with Crippen molar-refractivity contribution in [2.45, 2.75) is 24.7 Å². The smallest absolute Gasteiger partial charge is 0.164 e. The zero-order valence-electron chi connectivity index (χ0n) is 35.6. The highest BCUT2D eigenvalue weighted by Gasteiger charge is 2.54. The van der Waals surface area contributed by atoms with Gasteiger partial charge in [-0.25, -0.2) is 19.9 Å². The maximum absolute atomic E-state index is 5.41. The second kappa shape index (κ2) is 14.8. The number of nitrogens with zero attached hydrogens (tertiary/aromatic N) is 4. The van der Waals surface area contributed by atoms with Gasteiger partial charge in [-0.1, -0.05) is 214 Å². The number of benzene rings is 8. The Labute approximate surface area is 373 Å². The van der Waals surface area contributed by atoms with Gasteiger partial charge in [0.05, 0.1) is 16.8 Å². The van der Waals surface area contributed by atoms with Crippen molar-refractivity contribution in [2.24, 2.45) is 0 Å². The fourth-order valence-corrected chi connectivity index (χ4v) is 10.5. The second-order valence-corrected chi connectivity index (χ2v) is 17.4. The van der Waals surface area contributed by atoms with E-state index in [1.807, 2.05) is 36.4 Å². The average molecular weight is 819 g/mol. The topological polar surface area (TPSA) is 51.6 Å². The average Bonchev–Trinajstić information content (AvgIpc) is 3.67. The van der Waals surface area contributed by atoms with Crippen molar-refractivity contribution in [2.75, 3.05) is 0 Å². The molecular formula is C60H42N4. The molecule has 0 amide bonds. The summed E-state index contributed by atoms with van der Waals surface area (Å²) in [6, 6.07) is 77.9. The highest BCUT2D eigenvalue weighted by Crippen LogP contribution is 2.63. The first kappa shape index (κ1) is 37.7. The fraction of sp³-hybridized carbons (Fsp3) is 0.0667. The van der Waals surface area contributed by atoms with Gasteiger partial charge >= 0.3 is 0 Å². The maximum atomic E-state index is 5.41. The first-order valence-corrected chi connectivity index (χ1v) is 22.0. The van der Waals surface area contributed by atoms with E-state index in [9.17, 15) is 0 Å². The van der Waals surface area contributed by atoms with Crippen molar-refractivity contribution in [1.82, 2.24) is 19.9 Å². The lowest BCUT2D eigenvalue weighted by Crippen LogP contribution is -2.40. The molecule has 0 bridgehead atoms. The summed E-state index contributed by atoms with van der Waals surface area (Å²) in [5.41, 5.74) is 18.2. The Hall–Kier alpha value is -8.08. The Kier molecular flexibility index (Phi) is 8.70. The predicted molar refractivity (Wildman–Crippen MR) is 260 cm³/mol. The zero-order chi connectivity index (χ0) is 42.8. The number of fused-ring (bicyclic) bond motifs is 9. The summed E-state index contributed by atoms with van der Waals surface area (Å²) in [5.74, 6) is 1.90. The number of hydrogen-bond acceptors (Lipinski definition) is 4. The van der Waals surface area contributed by atoms with Crippen LogP contribution in [-0.2, 0) is 10.8 Å². The first-order chi connectivity index (χ1) is 31.5. The summed E-state index contributed by atoms with van der Waals surface area (Å²) in [6.45, 7) is 4.73. The van der Waals surface area contributed by atoms with E-state index >= 15 is 0 Å². The summed E-state index contributed by atoms with van der Waals surface area (Å²) in [5, 5.41) is 0. The minimum Gasteiger partial charge on any atom is -0.248 e. The van der Waals surface area contributed by atoms with Crippen LogP contribution in [-0.4, -0.2) is 19.9 Å². The third-order valence-corrected chi connectivity index (χ3v) is 13.4. The molecule has 2 aliphatic carbocycles. The van der Waals surface area contributed by atoms with Gasteiger partial charge in [0.25, 0.3) is 0 Å². The Morgan fingerprint density at radius 2 is 0.734 bits per heavy atom. The van der Waals surface area contributed by atoms with Crippen LogP contribution in [0.5, 0.6) is 0 Å². The van der Waals surface area contributed by atoms with Crippen molar-refractivity contribution in [3.05, 3.63) is 252 Å². The van der Waals surface area contributed by atoms with E-state index < -0.39 is 5.41 Å². The quantitative estimate of drug-likeness (QED) is 0.168. The van der Waals surface area contributed by atoms with E-state index in [1.165, 1.54) is 33.4 Å². The zero-order valence-corrected chi connectivity index (χ0v) is 35.6. The molecule has 0 atom stereocenters. The number of rotatable bonds is 6. The van der Waals surface area contributed by atoms with E-state index in [0.29, 0.717) is 17.5 Å². The van der Waals surface area contributed by atoms with Gasteiger partial charge in [-0.2, -0.15) is 0 Å². The molecule has 12 rings (SSSR count). The molecule has 0 N–H and O–H groups in total. The molecule has 0 saturated carbocycles. The highest BCUT2D eigenvalue weighted by atomic mass is 15.0. The molecule has 2 aliphatic rings. The summed E-state index contributed by atoms with van der Waals surface area (Å²) in [7, 11) is 0. The minimum atomic E-state index is -0.617. The molecule has 64 heavy (non-hydrogen) atoms. The van der Waals surface area contributed by atoms with Gasteiger partial charge in [0.15, 0.2) is 17.5 Å². The van der Waals surface area contributed by atoms with E-state index in [1.54, 1.807) is 0 Å². The second-order valence-electron chi connectivity index (χ2n) is 17.4. The molecule has 0 saturated heterocycles. The van der Waals surface area contributed by atoms with E-state index in [-0.39, 0.29) is 5.41 Å². The Morgan fingerprint density at radius 1 is 0.281 bits per heavy atom. The summed E-state index contributed by atoms with van der Waals surface area (Å²) in [4.78, 5) is 21.2. The molecular weight excluding hydrogens is 777 g/mol. The summed E-state index contributed by atoms with van der Waals surface area (Å²) < 4.78 is 0. The van der Waals surface area contributed by atoms with Crippen LogP contribution < -0.4 is 0 Å². The van der Waals surface area contributed by atoms with Crippen LogP contribution in [0.4, 0.5) is 0 Å². The molecule has 0 fully saturated rings. The van der Waals surface area contributed by atoms with Gasteiger partial charge in [0.1, 0.15) is 0 Å². The van der Waals surface area contributed by atoms with E-state index in [2.05, 4.69) is 196 Å². The van der Waals surface area contributed by atoms with Crippen molar-refractivity contribution < 1.29 is 0 Å². The van der Waals surface area contributed by atoms with Gasteiger partial charge in [0.2, 0.25) is 0 Å². The third-order valence-electron chi connectivity index (χ3n) is 13.4. The molecule has 0 radical (unpaired) electrons. The van der Waals surface area contributed by atoms with E-state index in [0.717, 1.165) is 61.5 Å². The van der Waals surface area contributed by atoms with Crippen molar-refractivity contribution in [3.8, 4) is 78.9 Å². The predicted octanol–water partition coefficient (Wildman–Crippen LogP) is 14.3. The van der Waals surface area contributed by atoms with Gasteiger partial charge in [0, 0.05) is 33.2 Å². The lowest BCUT2D eigenvalue weighted by molar-refractivity contribution is 0.563. The van der Waals surface area contributed by atoms with Crippen molar-refractivity contribution in [1.29, 1.82) is 0 Å². The summed E-state index contributed by atoms with van der Waals surface area (Å²) in [6.07, 6.45) is 0. The van der Waals surface area contributed by atoms with Crippen LogP contribution >= 0.6 is 0 Å². The Balaban J connectivity index is 1.17. The maximum Gasteiger partial charge on any atom is 0.164 e.